The quantitative estimate of drug-likeness (QED) is 0.501. The maximum absolute atomic E-state index is 11.0. The molecule has 1 atom stereocenters. The summed E-state index contributed by atoms with van der Waals surface area (Å²) in [6.07, 6.45) is 6.67. The van der Waals surface area contributed by atoms with Gasteiger partial charge in [0, 0.05) is 29.5 Å². The van der Waals surface area contributed by atoms with E-state index >= 15 is 0 Å². The second-order valence-electron chi connectivity index (χ2n) is 8.25. The smallest absolute Gasteiger partial charge is 0.269 e. The first-order valence-electron chi connectivity index (χ1n) is 9.56. The highest BCUT2D eigenvalue weighted by atomic mass is 32.2. The molecular weight excluding hydrogens is 346 g/mol. The van der Waals surface area contributed by atoms with Crippen LogP contribution in [0.3, 0.4) is 0 Å². The Morgan fingerprint density at radius 1 is 1.31 bits per heavy atom. The topological polar surface area (TPSA) is 58.7 Å². The Balaban J connectivity index is 1.87. The molecule has 0 N–H and O–H groups in total. The lowest BCUT2D eigenvalue weighted by molar-refractivity contribution is -0.384. The number of rotatable bonds is 4. The molecule has 0 aromatic heterocycles. The summed E-state index contributed by atoms with van der Waals surface area (Å²) < 4.78 is 0.135. The molecule has 0 radical (unpaired) electrons. The Bertz CT molecular complexity index is 711. The van der Waals surface area contributed by atoms with E-state index in [0.29, 0.717) is 6.04 Å². The van der Waals surface area contributed by atoms with E-state index in [2.05, 4.69) is 25.7 Å². The maximum Gasteiger partial charge on any atom is 0.269 e. The number of hydrogen-bond acceptors (Lipinski definition) is 4. The van der Waals surface area contributed by atoms with Gasteiger partial charge in [-0.3, -0.25) is 10.1 Å². The molecule has 0 unspecified atom stereocenters. The van der Waals surface area contributed by atoms with Gasteiger partial charge in [-0.2, -0.15) is 0 Å². The summed E-state index contributed by atoms with van der Waals surface area (Å²) in [7, 11) is 0. The highest BCUT2D eigenvalue weighted by molar-refractivity contribution is 8.15. The average Bonchev–Trinajstić information content (AvgIpc) is 2.91. The Labute approximate surface area is 160 Å². The van der Waals surface area contributed by atoms with E-state index in [0.717, 1.165) is 28.9 Å². The first kappa shape index (κ1) is 19.2. The van der Waals surface area contributed by atoms with Crippen LogP contribution in [0.2, 0.25) is 0 Å². The number of nitrogens with zero attached hydrogens (tertiary/aromatic N) is 3. The van der Waals surface area contributed by atoms with Gasteiger partial charge in [0.15, 0.2) is 5.17 Å². The third-order valence-electron chi connectivity index (χ3n) is 5.60. The van der Waals surface area contributed by atoms with Crippen molar-refractivity contribution in [3.05, 3.63) is 33.9 Å². The van der Waals surface area contributed by atoms with E-state index in [9.17, 15) is 10.1 Å². The number of hydrogen-bond donors (Lipinski definition) is 0. The summed E-state index contributed by atoms with van der Waals surface area (Å²) in [5.41, 5.74) is 1.80. The van der Waals surface area contributed by atoms with Gasteiger partial charge in [-0.15, -0.1) is 0 Å². The van der Waals surface area contributed by atoms with Crippen molar-refractivity contribution in [1.82, 2.24) is 4.90 Å². The largest absolute Gasteiger partial charge is 0.347 e. The van der Waals surface area contributed by atoms with Gasteiger partial charge in [0.1, 0.15) is 0 Å². The summed E-state index contributed by atoms with van der Waals surface area (Å²) in [6.45, 7) is 9.77. The van der Waals surface area contributed by atoms with Crippen LogP contribution in [0.15, 0.2) is 23.2 Å². The van der Waals surface area contributed by atoms with Crippen LogP contribution in [0.4, 0.5) is 11.4 Å². The molecule has 6 heteroatoms. The highest BCUT2D eigenvalue weighted by Crippen LogP contribution is 2.41. The van der Waals surface area contributed by atoms with E-state index in [1.165, 1.54) is 32.1 Å². The minimum absolute atomic E-state index is 0.123. The molecule has 1 aromatic carbocycles. The normalized spacial score (nSPS) is 23.4. The van der Waals surface area contributed by atoms with Crippen molar-refractivity contribution in [2.75, 3.05) is 6.54 Å². The van der Waals surface area contributed by atoms with Crippen molar-refractivity contribution < 1.29 is 4.92 Å². The lowest BCUT2D eigenvalue weighted by atomic mass is 9.84. The molecule has 3 rings (SSSR count). The Hall–Kier alpha value is -1.56. The van der Waals surface area contributed by atoms with Gasteiger partial charge in [0.05, 0.1) is 10.6 Å². The molecule has 0 spiro atoms. The molecule has 26 heavy (non-hydrogen) atoms. The molecule has 1 aliphatic carbocycles. The number of nitro groups is 1. The van der Waals surface area contributed by atoms with Gasteiger partial charge in [0.2, 0.25) is 0 Å². The average molecular weight is 376 g/mol. The SMILES string of the molecule is Cc1cc([N+](=O)[O-])ccc1N=C1SC(C)(C)CN1[C@H](C)C1CCCCC1. The van der Waals surface area contributed by atoms with E-state index < -0.39 is 0 Å². The van der Waals surface area contributed by atoms with Crippen molar-refractivity contribution >= 4 is 28.3 Å². The fourth-order valence-corrected chi connectivity index (χ4v) is 5.26. The van der Waals surface area contributed by atoms with Crippen LogP contribution in [0, 0.1) is 23.0 Å². The number of benzene rings is 1. The number of aliphatic imine (C=N–C) groups is 1. The lowest BCUT2D eigenvalue weighted by Crippen LogP contribution is -2.41. The van der Waals surface area contributed by atoms with Crippen LogP contribution in [0.1, 0.15) is 58.4 Å². The third kappa shape index (κ3) is 4.22. The molecule has 1 heterocycles. The van der Waals surface area contributed by atoms with Crippen LogP contribution in [0.25, 0.3) is 0 Å². The number of amidine groups is 1. The predicted octanol–water partition coefficient (Wildman–Crippen LogP) is 5.69. The van der Waals surface area contributed by atoms with Crippen molar-refractivity contribution in [1.29, 1.82) is 0 Å². The van der Waals surface area contributed by atoms with Gasteiger partial charge in [-0.05, 0) is 58.1 Å². The Kier molecular flexibility index (Phi) is 5.61. The van der Waals surface area contributed by atoms with Crippen molar-refractivity contribution in [2.45, 2.75) is 70.6 Å². The molecular formula is C20H29N3O2S. The number of nitro benzene ring substituents is 1. The standard InChI is InChI=1S/C20H29N3O2S/c1-14-12-17(23(24)25)10-11-18(14)21-19-22(13-20(3,4)26-19)15(2)16-8-6-5-7-9-16/h10-12,15-16H,5-9,13H2,1-4H3/t15-/m1/s1. The van der Waals surface area contributed by atoms with Crippen LogP contribution >= 0.6 is 11.8 Å². The Morgan fingerprint density at radius 2 is 2.00 bits per heavy atom. The van der Waals surface area contributed by atoms with E-state index in [1.54, 1.807) is 18.2 Å². The van der Waals surface area contributed by atoms with Gasteiger partial charge in [0.25, 0.3) is 5.69 Å². The first-order valence-corrected chi connectivity index (χ1v) is 10.4. The molecule has 5 nitrogen and oxygen atoms in total. The molecule has 1 aliphatic heterocycles. The predicted molar refractivity (Wildman–Crippen MR) is 109 cm³/mol. The first-order chi connectivity index (χ1) is 12.3. The molecule has 2 fully saturated rings. The summed E-state index contributed by atoms with van der Waals surface area (Å²) in [6, 6.07) is 5.42. The monoisotopic (exact) mass is 375 g/mol. The summed E-state index contributed by atoms with van der Waals surface area (Å²) in [5, 5.41) is 12.0. The Morgan fingerprint density at radius 3 is 2.62 bits per heavy atom. The zero-order valence-electron chi connectivity index (χ0n) is 16.2. The van der Waals surface area contributed by atoms with Crippen LogP contribution in [0.5, 0.6) is 0 Å². The number of thioether (sulfide) groups is 1. The molecule has 1 aromatic rings. The van der Waals surface area contributed by atoms with Crippen LogP contribution in [-0.2, 0) is 0 Å². The zero-order valence-corrected chi connectivity index (χ0v) is 17.0. The maximum atomic E-state index is 11.0. The van der Waals surface area contributed by atoms with Crippen LogP contribution in [-0.4, -0.2) is 32.3 Å². The summed E-state index contributed by atoms with van der Waals surface area (Å²) in [5.74, 6) is 0.737. The fraction of sp³-hybridized carbons (Fsp3) is 0.650. The summed E-state index contributed by atoms with van der Waals surface area (Å²) in [4.78, 5) is 18.0. The fourth-order valence-electron chi connectivity index (χ4n) is 4.07. The minimum atomic E-state index is -0.352. The van der Waals surface area contributed by atoms with Crippen LogP contribution < -0.4 is 0 Å². The van der Waals surface area contributed by atoms with Crippen molar-refractivity contribution in [3.63, 3.8) is 0 Å². The van der Waals surface area contributed by atoms with E-state index in [-0.39, 0.29) is 15.4 Å². The molecule has 0 amide bonds. The summed E-state index contributed by atoms with van der Waals surface area (Å²) >= 11 is 1.82. The van der Waals surface area contributed by atoms with Gasteiger partial charge in [-0.25, -0.2) is 4.99 Å². The highest BCUT2D eigenvalue weighted by Gasteiger charge is 2.39. The minimum Gasteiger partial charge on any atom is -0.347 e. The molecule has 1 saturated carbocycles. The molecule has 142 valence electrons. The van der Waals surface area contributed by atoms with Gasteiger partial charge >= 0.3 is 0 Å². The van der Waals surface area contributed by atoms with Gasteiger partial charge < -0.3 is 4.90 Å². The van der Waals surface area contributed by atoms with E-state index in [4.69, 9.17) is 4.99 Å². The molecule has 2 aliphatic rings. The van der Waals surface area contributed by atoms with Gasteiger partial charge in [-0.1, -0.05) is 31.0 Å². The molecule has 1 saturated heterocycles. The zero-order chi connectivity index (χ0) is 18.9. The second-order valence-corrected chi connectivity index (χ2v) is 9.93. The third-order valence-corrected chi connectivity index (χ3v) is 6.79. The number of non-ortho nitro benzene ring substituents is 1. The van der Waals surface area contributed by atoms with Crippen molar-refractivity contribution in [3.8, 4) is 0 Å². The molecule has 0 bridgehead atoms. The van der Waals surface area contributed by atoms with E-state index in [1.807, 2.05) is 18.7 Å². The van der Waals surface area contributed by atoms with Crippen molar-refractivity contribution in [2.24, 2.45) is 10.9 Å². The second kappa shape index (κ2) is 7.59. The number of aryl methyl sites for hydroxylation is 1. The lowest BCUT2D eigenvalue weighted by Gasteiger charge is -2.35.